The number of nitrogens with one attached hydrogen (secondary N) is 1. The number of pyridine rings is 1. The molecule has 1 amide bonds. The van der Waals surface area contributed by atoms with Gasteiger partial charge in [0, 0.05) is 18.6 Å². The second-order valence-corrected chi connectivity index (χ2v) is 3.61. The minimum atomic E-state index is -1.04. The summed E-state index contributed by atoms with van der Waals surface area (Å²) in [5.74, 6) is -1.43. The normalized spacial score (nSPS) is 9.89. The number of amides is 1. The van der Waals surface area contributed by atoms with Crippen LogP contribution >= 0.6 is 0 Å². The van der Waals surface area contributed by atoms with Crippen LogP contribution in [0, 0.1) is 0 Å². The van der Waals surface area contributed by atoms with Crippen LogP contribution < -0.4 is 5.32 Å². The van der Waals surface area contributed by atoms with E-state index < -0.39 is 11.9 Å². The molecule has 2 heterocycles. The zero-order chi connectivity index (χ0) is 13.7. The summed E-state index contributed by atoms with van der Waals surface area (Å²) in [6.07, 6.45) is 5.61. The highest BCUT2D eigenvalue weighted by atomic mass is 16.4. The Hall–Kier alpha value is -2.83. The van der Waals surface area contributed by atoms with Crippen LogP contribution in [0.5, 0.6) is 0 Å². The van der Waals surface area contributed by atoms with Gasteiger partial charge in [-0.25, -0.2) is 9.78 Å². The molecule has 0 radical (unpaired) electrons. The molecule has 2 N–H and O–H groups in total. The van der Waals surface area contributed by atoms with Crippen LogP contribution in [0.15, 0.2) is 36.9 Å². The molecule has 2 aromatic rings. The van der Waals surface area contributed by atoms with E-state index >= 15 is 0 Å². The van der Waals surface area contributed by atoms with Crippen LogP contribution in [0.25, 0.3) is 0 Å². The molecule has 0 aromatic carbocycles. The van der Waals surface area contributed by atoms with Crippen molar-refractivity contribution >= 4 is 11.9 Å². The Morgan fingerprint density at radius 2 is 2.05 bits per heavy atom. The fourth-order valence-electron chi connectivity index (χ4n) is 1.39. The molecule has 7 heteroatoms. The molecule has 0 aliphatic carbocycles. The summed E-state index contributed by atoms with van der Waals surface area (Å²) in [7, 11) is 0. The molecule has 0 saturated heterocycles. The van der Waals surface area contributed by atoms with Crippen molar-refractivity contribution in [1.29, 1.82) is 0 Å². The Morgan fingerprint density at radius 3 is 2.74 bits per heavy atom. The van der Waals surface area contributed by atoms with E-state index in [0.29, 0.717) is 5.69 Å². The van der Waals surface area contributed by atoms with Gasteiger partial charge in [-0.05, 0) is 12.1 Å². The van der Waals surface area contributed by atoms with E-state index in [-0.39, 0.29) is 17.8 Å². The van der Waals surface area contributed by atoms with E-state index in [1.807, 2.05) is 0 Å². The summed E-state index contributed by atoms with van der Waals surface area (Å²) in [6, 6.07) is 2.79. The minimum Gasteiger partial charge on any atom is -0.478 e. The Balaban J connectivity index is 2.01. The monoisotopic (exact) mass is 258 g/mol. The Morgan fingerprint density at radius 1 is 1.21 bits per heavy atom. The first kappa shape index (κ1) is 12.6. The van der Waals surface area contributed by atoms with Crippen molar-refractivity contribution in [2.75, 3.05) is 0 Å². The van der Waals surface area contributed by atoms with Crippen LogP contribution in [0.3, 0.4) is 0 Å². The molecule has 2 rings (SSSR count). The fourth-order valence-corrected chi connectivity index (χ4v) is 1.39. The van der Waals surface area contributed by atoms with Gasteiger partial charge in [-0.2, -0.15) is 0 Å². The molecule has 0 aliphatic rings. The predicted octanol–water partition coefficient (Wildman–Crippen LogP) is 0.500. The van der Waals surface area contributed by atoms with Crippen LogP contribution in [0.4, 0.5) is 0 Å². The third kappa shape index (κ3) is 3.32. The smallest absolute Gasteiger partial charge is 0.335 e. The van der Waals surface area contributed by atoms with Crippen molar-refractivity contribution in [1.82, 2.24) is 20.3 Å². The summed E-state index contributed by atoms with van der Waals surface area (Å²) in [5.41, 5.74) is 0.771. The summed E-state index contributed by atoms with van der Waals surface area (Å²) in [4.78, 5) is 34.1. The first-order valence-corrected chi connectivity index (χ1v) is 5.39. The van der Waals surface area contributed by atoms with Crippen molar-refractivity contribution < 1.29 is 14.7 Å². The van der Waals surface area contributed by atoms with Crippen molar-refractivity contribution in [3.63, 3.8) is 0 Å². The lowest BCUT2D eigenvalue weighted by atomic mass is 10.2. The average Bonchev–Trinajstić information content (AvgIpc) is 2.46. The molecule has 2 aromatic heterocycles. The standard InChI is InChI=1S/C12H10N4O3/c17-11(10-7-13-3-4-15-10)16-6-9-5-8(12(18)19)1-2-14-9/h1-5,7H,6H2,(H,16,17)(H,18,19). The van der Waals surface area contributed by atoms with Gasteiger partial charge in [0.05, 0.1) is 24.0 Å². The average molecular weight is 258 g/mol. The molecule has 7 nitrogen and oxygen atoms in total. The molecule has 19 heavy (non-hydrogen) atoms. The quantitative estimate of drug-likeness (QED) is 0.827. The number of carbonyl (C=O) groups is 2. The number of carbonyl (C=O) groups excluding carboxylic acids is 1. The number of aromatic carboxylic acids is 1. The number of nitrogens with zero attached hydrogens (tertiary/aromatic N) is 3. The Kier molecular flexibility index (Phi) is 3.77. The second kappa shape index (κ2) is 5.67. The SMILES string of the molecule is O=C(O)c1ccnc(CNC(=O)c2cnccn2)c1. The minimum absolute atomic E-state index is 0.122. The van der Waals surface area contributed by atoms with Gasteiger partial charge in [0.1, 0.15) is 5.69 Å². The predicted molar refractivity (Wildman–Crippen MR) is 64.4 cm³/mol. The number of carboxylic acid groups (broad SMARTS) is 1. The number of rotatable bonds is 4. The zero-order valence-corrected chi connectivity index (χ0v) is 9.78. The maximum Gasteiger partial charge on any atom is 0.335 e. The molecule has 0 spiro atoms. The number of hydrogen-bond acceptors (Lipinski definition) is 5. The summed E-state index contributed by atoms with van der Waals surface area (Å²) >= 11 is 0. The van der Waals surface area contributed by atoms with E-state index in [2.05, 4.69) is 20.3 Å². The molecule has 0 saturated carbocycles. The van der Waals surface area contributed by atoms with Crippen molar-refractivity contribution in [2.24, 2.45) is 0 Å². The van der Waals surface area contributed by atoms with Crippen LogP contribution in [-0.2, 0) is 6.54 Å². The highest BCUT2D eigenvalue weighted by molar-refractivity contribution is 5.91. The highest BCUT2D eigenvalue weighted by Gasteiger charge is 2.08. The van der Waals surface area contributed by atoms with Crippen LogP contribution in [0.2, 0.25) is 0 Å². The van der Waals surface area contributed by atoms with Gasteiger partial charge < -0.3 is 10.4 Å². The van der Waals surface area contributed by atoms with Crippen molar-refractivity contribution in [3.05, 3.63) is 53.9 Å². The fraction of sp³-hybridized carbons (Fsp3) is 0.0833. The molecule has 0 atom stereocenters. The van der Waals surface area contributed by atoms with Gasteiger partial charge in [0.2, 0.25) is 0 Å². The number of aromatic nitrogens is 3. The third-order valence-corrected chi connectivity index (χ3v) is 2.29. The Labute approximate surface area is 108 Å². The molecular weight excluding hydrogens is 248 g/mol. The van der Waals surface area contributed by atoms with Crippen molar-refractivity contribution in [3.8, 4) is 0 Å². The van der Waals surface area contributed by atoms with Crippen LogP contribution in [0.1, 0.15) is 26.5 Å². The summed E-state index contributed by atoms with van der Waals surface area (Å²) in [5, 5.41) is 11.4. The topological polar surface area (TPSA) is 105 Å². The lowest BCUT2D eigenvalue weighted by Crippen LogP contribution is -2.24. The van der Waals surface area contributed by atoms with E-state index in [9.17, 15) is 9.59 Å². The zero-order valence-electron chi connectivity index (χ0n) is 9.78. The van der Waals surface area contributed by atoms with Crippen LogP contribution in [-0.4, -0.2) is 31.9 Å². The maximum atomic E-state index is 11.7. The first-order valence-electron chi connectivity index (χ1n) is 5.39. The van der Waals surface area contributed by atoms with Gasteiger partial charge in [-0.3, -0.25) is 14.8 Å². The molecule has 0 bridgehead atoms. The largest absolute Gasteiger partial charge is 0.478 e. The van der Waals surface area contributed by atoms with Gasteiger partial charge >= 0.3 is 5.97 Å². The van der Waals surface area contributed by atoms with Gasteiger partial charge in [0.25, 0.3) is 5.91 Å². The molecule has 0 unspecified atom stereocenters. The lowest BCUT2D eigenvalue weighted by molar-refractivity contribution is 0.0696. The third-order valence-electron chi connectivity index (χ3n) is 2.29. The molecule has 0 aliphatic heterocycles. The Bertz CT molecular complexity index is 601. The summed E-state index contributed by atoms with van der Waals surface area (Å²) in [6.45, 7) is 0.122. The van der Waals surface area contributed by atoms with E-state index in [1.54, 1.807) is 0 Å². The maximum absolute atomic E-state index is 11.7. The van der Waals surface area contributed by atoms with E-state index in [1.165, 1.54) is 36.9 Å². The lowest BCUT2D eigenvalue weighted by Gasteiger charge is -2.04. The van der Waals surface area contributed by atoms with E-state index in [0.717, 1.165) is 0 Å². The van der Waals surface area contributed by atoms with Gasteiger partial charge in [-0.1, -0.05) is 0 Å². The highest BCUT2D eigenvalue weighted by Crippen LogP contribution is 2.02. The molecular formula is C12H10N4O3. The molecule has 0 fully saturated rings. The number of carboxylic acids is 1. The van der Waals surface area contributed by atoms with E-state index in [4.69, 9.17) is 5.11 Å². The first-order chi connectivity index (χ1) is 9.16. The number of hydrogen-bond donors (Lipinski definition) is 2. The molecule has 96 valence electrons. The summed E-state index contributed by atoms with van der Waals surface area (Å²) < 4.78 is 0. The van der Waals surface area contributed by atoms with Crippen molar-refractivity contribution in [2.45, 2.75) is 6.54 Å². The van der Waals surface area contributed by atoms with Gasteiger partial charge in [0.15, 0.2) is 0 Å². The second-order valence-electron chi connectivity index (χ2n) is 3.61. The van der Waals surface area contributed by atoms with Gasteiger partial charge in [-0.15, -0.1) is 0 Å².